The molecular weight excluding hydrogens is 258 g/mol. The molecule has 0 aromatic rings. The van der Waals surface area contributed by atoms with Crippen LogP contribution in [-0.4, -0.2) is 11.2 Å². The Morgan fingerprint density at radius 3 is 2.71 bits per heavy atom. The van der Waals surface area contributed by atoms with E-state index >= 15 is 0 Å². The second-order valence-corrected chi connectivity index (χ2v) is 8.56. The molecule has 0 unspecified atom stereocenters. The third kappa shape index (κ3) is 1.75. The third-order valence-electron chi connectivity index (χ3n) is 7.82. The van der Waals surface area contributed by atoms with Gasteiger partial charge in [0.05, 0.1) is 6.10 Å². The number of allylic oxidation sites excluding steroid dienone is 3. The molecule has 0 aliphatic heterocycles. The number of aliphatic hydroxyl groups is 1. The van der Waals surface area contributed by atoms with E-state index in [2.05, 4.69) is 32.1 Å². The summed E-state index contributed by atoms with van der Waals surface area (Å²) in [6, 6.07) is 0. The van der Waals surface area contributed by atoms with Crippen molar-refractivity contribution in [2.24, 2.45) is 40.2 Å². The minimum absolute atomic E-state index is 0.0635. The number of nitrogens with two attached hydrogens (primary N) is 1. The molecule has 0 heterocycles. The van der Waals surface area contributed by atoms with Gasteiger partial charge in [-0.2, -0.15) is 0 Å². The van der Waals surface area contributed by atoms with E-state index in [0.29, 0.717) is 11.3 Å². The number of hydrogen-bond donors (Lipinski definition) is 2. The van der Waals surface area contributed by atoms with Crippen molar-refractivity contribution in [1.82, 2.24) is 0 Å². The number of aliphatic hydroxyl groups excluding tert-OH is 1. The predicted octanol–water partition coefficient (Wildman–Crippen LogP) is 3.62. The minimum Gasteiger partial charge on any atom is -0.399 e. The van der Waals surface area contributed by atoms with E-state index in [9.17, 15) is 5.11 Å². The van der Waals surface area contributed by atoms with E-state index in [-0.39, 0.29) is 11.5 Å². The first-order valence-electron chi connectivity index (χ1n) is 8.80. The smallest absolute Gasteiger partial charge is 0.0596 e. The summed E-state index contributed by atoms with van der Waals surface area (Å²) in [7, 11) is 0. The first-order chi connectivity index (χ1) is 9.95. The highest BCUT2D eigenvalue weighted by atomic mass is 16.3. The standard InChI is InChI=1S/C19H29NO/c1-18-9-7-13(20)11-12(18)3-4-14-15-5-6-17(21)19(15,2)10-8-16(14)18/h7,9,11-12,14-17,21H,3-6,8,10,20H2,1-2H3/t12-,14+,15+,16+,17+,18+,19+/m1/s1. The lowest BCUT2D eigenvalue weighted by molar-refractivity contribution is -0.0854. The van der Waals surface area contributed by atoms with E-state index in [1.54, 1.807) is 0 Å². The van der Waals surface area contributed by atoms with Crippen LogP contribution in [0.4, 0.5) is 0 Å². The van der Waals surface area contributed by atoms with Crippen molar-refractivity contribution in [2.45, 2.75) is 58.5 Å². The normalized spacial score (nSPS) is 55.4. The van der Waals surface area contributed by atoms with Gasteiger partial charge < -0.3 is 10.8 Å². The fourth-order valence-corrected chi connectivity index (χ4v) is 6.47. The average molecular weight is 287 g/mol. The van der Waals surface area contributed by atoms with Gasteiger partial charge in [0.2, 0.25) is 0 Å². The first kappa shape index (κ1) is 13.9. The van der Waals surface area contributed by atoms with Crippen LogP contribution in [0, 0.1) is 34.5 Å². The van der Waals surface area contributed by atoms with Gasteiger partial charge in [-0.3, -0.25) is 0 Å². The van der Waals surface area contributed by atoms with Crippen LogP contribution >= 0.6 is 0 Å². The Morgan fingerprint density at radius 1 is 1.10 bits per heavy atom. The molecular formula is C19H29NO. The predicted molar refractivity (Wildman–Crippen MR) is 85.3 cm³/mol. The first-order valence-corrected chi connectivity index (χ1v) is 8.80. The maximum absolute atomic E-state index is 10.5. The van der Waals surface area contributed by atoms with Crippen molar-refractivity contribution < 1.29 is 5.11 Å². The Balaban J connectivity index is 1.68. The van der Waals surface area contributed by atoms with Crippen molar-refractivity contribution in [1.29, 1.82) is 0 Å². The molecule has 2 nitrogen and oxygen atoms in total. The minimum atomic E-state index is -0.0635. The maximum Gasteiger partial charge on any atom is 0.0596 e. The summed E-state index contributed by atoms with van der Waals surface area (Å²) in [5, 5.41) is 10.5. The van der Waals surface area contributed by atoms with Crippen molar-refractivity contribution in [3.63, 3.8) is 0 Å². The highest BCUT2D eigenvalue weighted by molar-refractivity contribution is 5.29. The Kier molecular flexibility index (Phi) is 2.89. The highest BCUT2D eigenvalue weighted by Gasteiger charge is 2.58. The molecule has 116 valence electrons. The van der Waals surface area contributed by atoms with Gasteiger partial charge in [0, 0.05) is 5.70 Å². The molecule has 4 aliphatic rings. The Labute approximate surface area is 128 Å². The van der Waals surface area contributed by atoms with Crippen molar-refractivity contribution in [2.75, 3.05) is 0 Å². The fourth-order valence-electron chi connectivity index (χ4n) is 6.47. The zero-order valence-electron chi connectivity index (χ0n) is 13.4. The zero-order valence-corrected chi connectivity index (χ0v) is 13.4. The van der Waals surface area contributed by atoms with Crippen LogP contribution in [0.5, 0.6) is 0 Å². The lowest BCUT2D eigenvalue weighted by Crippen LogP contribution is -2.52. The number of rotatable bonds is 0. The molecule has 3 fully saturated rings. The summed E-state index contributed by atoms with van der Waals surface area (Å²) in [5.41, 5.74) is 7.47. The molecule has 4 aliphatic carbocycles. The van der Waals surface area contributed by atoms with Crippen molar-refractivity contribution in [3.05, 3.63) is 23.9 Å². The van der Waals surface area contributed by atoms with Crippen LogP contribution in [0.15, 0.2) is 23.9 Å². The molecule has 7 atom stereocenters. The van der Waals surface area contributed by atoms with E-state index in [0.717, 1.165) is 29.9 Å². The lowest BCUT2D eigenvalue weighted by Gasteiger charge is -2.58. The summed E-state index contributed by atoms with van der Waals surface area (Å²) in [5.74, 6) is 2.94. The largest absolute Gasteiger partial charge is 0.399 e. The Hall–Kier alpha value is -0.760. The molecule has 0 radical (unpaired) electrons. The zero-order chi connectivity index (χ0) is 14.8. The van der Waals surface area contributed by atoms with Gasteiger partial charge in [-0.1, -0.05) is 26.0 Å². The molecule has 2 heteroatoms. The quantitative estimate of drug-likeness (QED) is 0.715. The van der Waals surface area contributed by atoms with E-state index in [4.69, 9.17) is 5.73 Å². The maximum atomic E-state index is 10.5. The van der Waals surface area contributed by atoms with Crippen LogP contribution in [0.2, 0.25) is 0 Å². The van der Waals surface area contributed by atoms with Crippen LogP contribution < -0.4 is 5.73 Å². The summed E-state index contributed by atoms with van der Waals surface area (Å²) >= 11 is 0. The van der Waals surface area contributed by atoms with Gasteiger partial charge in [-0.05, 0) is 79.1 Å². The molecule has 0 spiro atoms. The SMILES string of the molecule is C[C@]12C=CC(N)=C[C@H]1CC[C@@H]1[C@@H]2CC[C@]2(C)[C@@H](O)CC[C@@H]12. The van der Waals surface area contributed by atoms with Gasteiger partial charge in [0.25, 0.3) is 0 Å². The monoisotopic (exact) mass is 287 g/mol. The van der Waals surface area contributed by atoms with Gasteiger partial charge in [0.15, 0.2) is 0 Å². The van der Waals surface area contributed by atoms with E-state index < -0.39 is 0 Å². The molecule has 0 aromatic heterocycles. The molecule has 3 N–H and O–H groups in total. The van der Waals surface area contributed by atoms with Crippen LogP contribution in [-0.2, 0) is 0 Å². The molecule has 0 amide bonds. The van der Waals surface area contributed by atoms with Crippen LogP contribution in [0.3, 0.4) is 0 Å². The van der Waals surface area contributed by atoms with Crippen molar-refractivity contribution in [3.8, 4) is 0 Å². The molecule has 4 rings (SSSR count). The van der Waals surface area contributed by atoms with Crippen molar-refractivity contribution >= 4 is 0 Å². The summed E-state index contributed by atoms with van der Waals surface area (Å²) in [6.07, 6.45) is 14.1. The number of fused-ring (bicyclic) bond motifs is 5. The third-order valence-corrected chi connectivity index (χ3v) is 7.82. The van der Waals surface area contributed by atoms with Gasteiger partial charge in [-0.25, -0.2) is 0 Å². The molecule has 0 saturated heterocycles. The van der Waals surface area contributed by atoms with Crippen LogP contribution in [0.1, 0.15) is 52.4 Å². The molecule has 0 bridgehead atoms. The van der Waals surface area contributed by atoms with Gasteiger partial charge in [-0.15, -0.1) is 0 Å². The lowest BCUT2D eigenvalue weighted by atomic mass is 9.47. The second-order valence-electron chi connectivity index (χ2n) is 8.56. The van der Waals surface area contributed by atoms with Gasteiger partial charge in [0.1, 0.15) is 0 Å². The summed E-state index contributed by atoms with van der Waals surface area (Å²) in [6.45, 7) is 4.82. The second kappa shape index (κ2) is 4.38. The number of hydrogen-bond acceptors (Lipinski definition) is 2. The van der Waals surface area contributed by atoms with E-state index in [1.165, 1.54) is 32.1 Å². The molecule has 21 heavy (non-hydrogen) atoms. The van der Waals surface area contributed by atoms with E-state index in [1.807, 2.05) is 0 Å². The fraction of sp³-hybridized carbons (Fsp3) is 0.789. The van der Waals surface area contributed by atoms with Gasteiger partial charge >= 0.3 is 0 Å². The summed E-state index contributed by atoms with van der Waals surface area (Å²) in [4.78, 5) is 0. The average Bonchev–Trinajstić information content (AvgIpc) is 2.76. The Bertz CT molecular complexity index is 510. The summed E-state index contributed by atoms with van der Waals surface area (Å²) < 4.78 is 0. The van der Waals surface area contributed by atoms with Crippen LogP contribution in [0.25, 0.3) is 0 Å². The molecule has 3 saturated carbocycles. The molecule has 0 aromatic carbocycles. The topological polar surface area (TPSA) is 46.2 Å². The highest BCUT2D eigenvalue weighted by Crippen LogP contribution is 2.64. The Morgan fingerprint density at radius 2 is 1.90 bits per heavy atom.